The van der Waals surface area contributed by atoms with Crippen LogP contribution in [-0.4, -0.2) is 47.6 Å². The lowest BCUT2D eigenvalue weighted by Crippen LogP contribution is -2.33. The third-order valence-electron chi connectivity index (χ3n) is 4.16. The lowest BCUT2D eigenvalue weighted by molar-refractivity contribution is 0.0523. The molecule has 0 bridgehead atoms. The van der Waals surface area contributed by atoms with E-state index in [1.807, 2.05) is 37.4 Å². The average molecular weight is 595 g/mol. The maximum absolute atomic E-state index is 11.6. The maximum Gasteiger partial charge on any atom is 0.407 e. The Morgan fingerprint density at radius 3 is 2.75 bits per heavy atom. The van der Waals surface area contributed by atoms with E-state index >= 15 is 0 Å². The number of amides is 1. The van der Waals surface area contributed by atoms with Crippen LogP contribution in [0.15, 0.2) is 24.5 Å². The number of carbonyl (C=O) groups is 1. The van der Waals surface area contributed by atoms with Crippen LogP contribution in [0, 0.1) is 0 Å². The number of hydrogen-bond donors (Lipinski definition) is 3. The lowest BCUT2D eigenvalue weighted by atomic mass is 10.1. The van der Waals surface area contributed by atoms with Crippen molar-refractivity contribution in [2.24, 2.45) is 10.9 Å². The summed E-state index contributed by atoms with van der Waals surface area (Å²) in [5.74, 6) is 0.719. The van der Waals surface area contributed by atoms with Crippen LogP contribution in [0.3, 0.4) is 0 Å². The Hall–Kier alpha value is -1.27. The fourth-order valence-corrected chi connectivity index (χ4v) is 4.64. The first-order valence-corrected chi connectivity index (χ1v) is 15.1. The van der Waals surface area contributed by atoms with Gasteiger partial charge in [0.2, 0.25) is 0 Å². The van der Waals surface area contributed by atoms with Gasteiger partial charge in [0, 0.05) is 24.3 Å². The molecule has 0 aliphatic carbocycles. The number of unbranched alkanes of at least 4 members (excludes halogenated alkanes) is 1. The molecule has 2 aromatic rings. The van der Waals surface area contributed by atoms with Crippen molar-refractivity contribution in [3.05, 3.63) is 30.1 Å². The Bertz CT molecular complexity index is 919. The molecule has 2 rings (SSSR count). The summed E-state index contributed by atoms with van der Waals surface area (Å²) >= 11 is 3.38. The molecule has 0 fully saturated rings. The molecule has 9 nitrogen and oxygen atoms in total. The van der Waals surface area contributed by atoms with Crippen LogP contribution in [0.25, 0.3) is 15.8 Å². The number of halogens is 1. The van der Waals surface area contributed by atoms with Gasteiger partial charge in [0.05, 0.1) is 30.1 Å². The van der Waals surface area contributed by atoms with E-state index in [1.54, 1.807) is 6.20 Å². The molecule has 32 heavy (non-hydrogen) atoms. The molecule has 0 saturated carbocycles. The smallest absolute Gasteiger partial charge is 0.407 e. The van der Waals surface area contributed by atoms with Crippen molar-refractivity contribution in [2.45, 2.75) is 39.2 Å². The molecule has 1 atom stereocenters. The van der Waals surface area contributed by atoms with Gasteiger partial charge < -0.3 is 25.3 Å². The van der Waals surface area contributed by atoms with Gasteiger partial charge in [-0.05, 0) is 85.3 Å². The van der Waals surface area contributed by atoms with Crippen molar-refractivity contribution in [3.63, 3.8) is 0 Å². The van der Waals surface area contributed by atoms with Crippen molar-refractivity contribution in [2.75, 3.05) is 26.4 Å². The highest BCUT2D eigenvalue weighted by Crippen LogP contribution is 2.36. The van der Waals surface area contributed by atoms with Crippen LogP contribution >= 0.6 is 40.4 Å². The van der Waals surface area contributed by atoms with Crippen LogP contribution in [0.2, 0.25) is 0 Å². The Labute approximate surface area is 207 Å². The highest BCUT2D eigenvalue weighted by Gasteiger charge is 2.15. The molecule has 0 aliphatic heterocycles. The summed E-state index contributed by atoms with van der Waals surface area (Å²) in [4.78, 5) is 12.3. The van der Waals surface area contributed by atoms with Gasteiger partial charge in [-0.15, -0.1) is 0 Å². The number of nitrogens with zero attached hydrogens (tertiary/aromatic N) is 2. The van der Waals surface area contributed by atoms with E-state index in [-0.39, 0.29) is 0 Å². The second kappa shape index (κ2) is 13.4. The van der Waals surface area contributed by atoms with Gasteiger partial charge in [0.25, 0.3) is 0 Å². The standard InChI is InChI=1S/C20H31IN5O4PS/c1-20(2,3)30-19(27)24-6-4-5-7-28-8-9-29-17-11-14(18(12-22)32-23)10-16-15(17)13-25-26(16)31-21/h10-13,31H,4-9,22-23H2,1-3H3,(H,24,27)/b18-12-. The number of nitrogens with one attached hydrogen (secondary N) is 1. The SMILES string of the molecule is CC(C)(C)OC(=O)NCCCCOCCOc1cc(/C(=C/N)SN)cc2c1cnn2PI. The molecule has 5 N–H and O–H groups in total. The van der Waals surface area contributed by atoms with Gasteiger partial charge in [-0.1, -0.05) is 0 Å². The normalized spacial score (nSPS) is 12.6. The number of hydrogen-bond acceptors (Lipinski definition) is 8. The predicted molar refractivity (Wildman–Crippen MR) is 141 cm³/mol. The van der Waals surface area contributed by atoms with Gasteiger partial charge in [-0.25, -0.2) is 9.25 Å². The van der Waals surface area contributed by atoms with Crippen molar-refractivity contribution in [1.29, 1.82) is 0 Å². The molecule has 1 heterocycles. The first-order valence-electron chi connectivity index (χ1n) is 10.1. The second-order valence-corrected chi connectivity index (χ2v) is 10.5. The highest BCUT2D eigenvalue weighted by molar-refractivity contribution is 14.2. The van der Waals surface area contributed by atoms with E-state index in [2.05, 4.69) is 32.5 Å². The Kier molecular flexibility index (Phi) is 11.3. The van der Waals surface area contributed by atoms with Crippen molar-refractivity contribution in [3.8, 4) is 5.75 Å². The summed E-state index contributed by atoms with van der Waals surface area (Å²) < 4.78 is 18.8. The van der Waals surface area contributed by atoms with Gasteiger partial charge >= 0.3 is 6.09 Å². The number of aromatic nitrogens is 2. The van der Waals surface area contributed by atoms with E-state index in [9.17, 15) is 4.79 Å². The van der Waals surface area contributed by atoms with Gasteiger partial charge in [0.15, 0.2) is 0 Å². The first kappa shape index (κ1) is 27.0. The highest BCUT2D eigenvalue weighted by atomic mass is 127. The minimum absolute atomic E-state index is 0.396. The number of alkyl carbamates (subject to hydrolysis) is 1. The number of nitrogens with two attached hydrogens (primary N) is 2. The molecular weight excluding hydrogens is 564 g/mol. The average Bonchev–Trinajstić information content (AvgIpc) is 3.15. The lowest BCUT2D eigenvalue weighted by Gasteiger charge is -2.19. The minimum Gasteiger partial charge on any atom is -0.490 e. The zero-order valence-electron chi connectivity index (χ0n) is 18.5. The Morgan fingerprint density at radius 1 is 1.31 bits per heavy atom. The summed E-state index contributed by atoms with van der Waals surface area (Å²) in [6.45, 7) is 7.52. The zero-order chi connectivity index (χ0) is 23.6. The quantitative estimate of drug-likeness (QED) is 0.143. The van der Waals surface area contributed by atoms with Crippen molar-refractivity contribution < 1.29 is 19.0 Å². The summed E-state index contributed by atoms with van der Waals surface area (Å²) in [6, 6.07) is 3.94. The zero-order valence-corrected chi connectivity index (χ0v) is 22.5. The molecule has 1 aromatic heterocycles. The number of rotatable bonds is 12. The largest absolute Gasteiger partial charge is 0.490 e. The second-order valence-electron chi connectivity index (χ2n) is 7.79. The Morgan fingerprint density at radius 2 is 2.09 bits per heavy atom. The third kappa shape index (κ3) is 8.58. The summed E-state index contributed by atoms with van der Waals surface area (Å²) in [5, 5.41) is 13.8. The summed E-state index contributed by atoms with van der Waals surface area (Å²) in [6.07, 6.45) is 5.00. The number of benzene rings is 1. The molecule has 0 spiro atoms. The van der Waals surface area contributed by atoms with Crippen LogP contribution in [0.4, 0.5) is 4.79 Å². The molecule has 1 amide bonds. The molecule has 0 aliphatic rings. The van der Waals surface area contributed by atoms with Crippen LogP contribution < -0.4 is 20.9 Å². The van der Waals surface area contributed by atoms with Gasteiger partial charge in [-0.2, -0.15) is 5.10 Å². The number of ether oxygens (including phenoxy) is 3. The molecule has 1 aromatic carbocycles. The first-order chi connectivity index (χ1) is 15.3. The van der Waals surface area contributed by atoms with Crippen LogP contribution in [0.5, 0.6) is 5.75 Å². The molecule has 0 saturated heterocycles. The van der Waals surface area contributed by atoms with Gasteiger partial charge in [0.1, 0.15) is 18.0 Å². The van der Waals surface area contributed by atoms with E-state index < -0.39 is 11.7 Å². The predicted octanol–water partition coefficient (Wildman–Crippen LogP) is 4.39. The van der Waals surface area contributed by atoms with Gasteiger partial charge in [-0.3, -0.25) is 5.14 Å². The number of carbonyl (C=O) groups excluding carboxylic acids is 1. The molecule has 0 radical (unpaired) electrons. The fraction of sp³-hybridized carbons (Fsp3) is 0.500. The van der Waals surface area contributed by atoms with E-state index in [0.29, 0.717) is 32.7 Å². The molecular formula is C20H31IN5O4PS. The summed E-state index contributed by atoms with van der Waals surface area (Å²) in [5.41, 5.74) is 7.08. The third-order valence-corrected chi connectivity index (χ3v) is 6.68. The number of fused-ring (bicyclic) bond motifs is 1. The minimum atomic E-state index is -0.487. The van der Waals surface area contributed by atoms with E-state index in [4.69, 9.17) is 25.1 Å². The maximum atomic E-state index is 11.6. The topological polar surface area (TPSA) is 127 Å². The molecule has 12 heteroatoms. The van der Waals surface area contributed by atoms with E-state index in [0.717, 1.165) is 51.9 Å². The Balaban J connectivity index is 1.78. The fourth-order valence-electron chi connectivity index (χ4n) is 2.77. The molecule has 1 unspecified atom stereocenters. The van der Waals surface area contributed by atoms with Crippen LogP contribution in [0.1, 0.15) is 39.2 Å². The van der Waals surface area contributed by atoms with Crippen molar-refractivity contribution >= 4 is 62.3 Å². The van der Waals surface area contributed by atoms with Crippen molar-refractivity contribution in [1.82, 2.24) is 14.9 Å². The van der Waals surface area contributed by atoms with Crippen LogP contribution in [-0.2, 0) is 9.47 Å². The summed E-state index contributed by atoms with van der Waals surface area (Å²) in [7, 11) is 0. The molecule has 178 valence electrons. The monoisotopic (exact) mass is 595 g/mol. The van der Waals surface area contributed by atoms with E-state index in [1.165, 1.54) is 6.20 Å².